The summed E-state index contributed by atoms with van der Waals surface area (Å²) in [6.07, 6.45) is 4.37. The summed E-state index contributed by atoms with van der Waals surface area (Å²) in [5.41, 5.74) is 1.69. The smallest absolute Gasteiger partial charge is 0.216 e. The van der Waals surface area contributed by atoms with Gasteiger partial charge in [0.05, 0.1) is 17.6 Å². The van der Waals surface area contributed by atoms with E-state index in [4.69, 9.17) is 4.42 Å². The van der Waals surface area contributed by atoms with Gasteiger partial charge in [-0.15, -0.1) is 24.0 Å². The Morgan fingerprint density at radius 2 is 1.90 bits per heavy atom. The molecular weight excluding hydrogens is 510 g/mol. The first-order valence-corrected chi connectivity index (χ1v) is 10.1. The summed E-state index contributed by atoms with van der Waals surface area (Å²) < 4.78 is 20.6. The monoisotopic (exact) mass is 540 g/mol. The molecule has 0 spiro atoms. The summed E-state index contributed by atoms with van der Waals surface area (Å²) in [4.78, 5) is 8.86. The van der Waals surface area contributed by atoms with E-state index in [2.05, 4.69) is 46.5 Å². The Morgan fingerprint density at radius 3 is 2.55 bits per heavy atom. The van der Waals surface area contributed by atoms with Crippen molar-refractivity contribution in [1.29, 1.82) is 0 Å². The van der Waals surface area contributed by atoms with Gasteiger partial charge >= 0.3 is 0 Å². The molecule has 0 saturated heterocycles. The maximum Gasteiger partial charge on any atom is 0.216 e. The van der Waals surface area contributed by atoms with E-state index in [1.807, 2.05) is 19.2 Å². The molecule has 2 aromatic heterocycles. The van der Waals surface area contributed by atoms with Crippen molar-refractivity contribution in [2.24, 2.45) is 4.99 Å². The fraction of sp³-hybridized carbons (Fsp3) is 0.409. The normalized spacial score (nSPS) is 11.8. The topological polar surface area (TPSA) is 80.3 Å². The molecule has 0 aliphatic carbocycles. The highest BCUT2D eigenvalue weighted by Crippen LogP contribution is 2.22. The fourth-order valence-corrected chi connectivity index (χ4v) is 2.76. The predicted molar refractivity (Wildman–Crippen MR) is 131 cm³/mol. The van der Waals surface area contributed by atoms with Crippen molar-refractivity contribution in [3.8, 4) is 5.69 Å². The number of benzene rings is 1. The van der Waals surface area contributed by atoms with E-state index in [0.717, 1.165) is 30.1 Å². The number of guanidine groups is 1. The van der Waals surface area contributed by atoms with Crippen LogP contribution < -0.4 is 10.6 Å². The van der Waals surface area contributed by atoms with E-state index in [0.29, 0.717) is 24.9 Å². The summed E-state index contributed by atoms with van der Waals surface area (Å²) in [7, 11) is 0. The zero-order valence-corrected chi connectivity index (χ0v) is 20.7. The van der Waals surface area contributed by atoms with Gasteiger partial charge in [-0.1, -0.05) is 20.8 Å². The van der Waals surface area contributed by atoms with Crippen molar-refractivity contribution in [3.63, 3.8) is 0 Å². The third-order valence-electron chi connectivity index (χ3n) is 4.42. The van der Waals surface area contributed by atoms with Gasteiger partial charge < -0.3 is 15.1 Å². The number of nitrogens with zero attached hydrogens (tertiary/aromatic N) is 4. The molecule has 2 heterocycles. The third kappa shape index (κ3) is 7.34. The molecule has 3 rings (SSSR count). The molecule has 0 unspecified atom stereocenters. The SMILES string of the molecule is CCNC(=NCc1ncc(C(C)(C)C)o1)NCCc1ccn(-c2ccc(F)cc2)n1.I. The van der Waals surface area contributed by atoms with Crippen LogP contribution in [0.2, 0.25) is 0 Å². The first-order valence-electron chi connectivity index (χ1n) is 10.1. The number of aromatic nitrogens is 3. The molecule has 7 nitrogen and oxygen atoms in total. The number of oxazole rings is 1. The van der Waals surface area contributed by atoms with Crippen molar-refractivity contribution in [2.45, 2.75) is 46.1 Å². The molecule has 0 bridgehead atoms. The molecule has 2 N–H and O–H groups in total. The van der Waals surface area contributed by atoms with Gasteiger partial charge in [0.25, 0.3) is 0 Å². The zero-order valence-electron chi connectivity index (χ0n) is 18.4. The molecule has 3 aromatic rings. The quantitative estimate of drug-likeness (QED) is 0.267. The molecule has 0 atom stereocenters. The highest BCUT2D eigenvalue weighted by Gasteiger charge is 2.19. The van der Waals surface area contributed by atoms with Crippen LogP contribution in [0.3, 0.4) is 0 Å². The number of hydrogen-bond donors (Lipinski definition) is 2. The van der Waals surface area contributed by atoms with E-state index in [9.17, 15) is 4.39 Å². The van der Waals surface area contributed by atoms with Crippen molar-refractivity contribution in [2.75, 3.05) is 13.1 Å². The van der Waals surface area contributed by atoms with Crippen LogP contribution in [0.15, 0.2) is 52.1 Å². The molecule has 0 aliphatic rings. The lowest BCUT2D eigenvalue weighted by atomic mass is 9.94. The highest BCUT2D eigenvalue weighted by atomic mass is 127. The van der Waals surface area contributed by atoms with E-state index >= 15 is 0 Å². The molecule has 0 saturated carbocycles. The van der Waals surface area contributed by atoms with Crippen LogP contribution >= 0.6 is 24.0 Å². The number of rotatable bonds is 7. The minimum absolute atomic E-state index is 0. The van der Waals surface area contributed by atoms with Gasteiger partial charge in [-0.25, -0.2) is 19.0 Å². The third-order valence-corrected chi connectivity index (χ3v) is 4.42. The minimum Gasteiger partial charge on any atom is -0.443 e. The first kappa shape index (κ1) is 24.8. The van der Waals surface area contributed by atoms with Gasteiger partial charge in [0.15, 0.2) is 5.96 Å². The summed E-state index contributed by atoms with van der Waals surface area (Å²) in [6, 6.07) is 8.21. The van der Waals surface area contributed by atoms with Crippen molar-refractivity contribution >= 4 is 29.9 Å². The van der Waals surface area contributed by atoms with Crippen LogP contribution in [0, 0.1) is 5.82 Å². The maximum absolute atomic E-state index is 13.1. The second kappa shape index (κ2) is 11.3. The van der Waals surface area contributed by atoms with Crippen molar-refractivity contribution in [1.82, 2.24) is 25.4 Å². The Kier molecular flexibility index (Phi) is 9.02. The van der Waals surface area contributed by atoms with Crippen LogP contribution in [-0.2, 0) is 18.4 Å². The van der Waals surface area contributed by atoms with Gasteiger partial charge in [0.1, 0.15) is 18.1 Å². The lowest BCUT2D eigenvalue weighted by Crippen LogP contribution is -2.38. The van der Waals surface area contributed by atoms with Gasteiger partial charge in [-0.2, -0.15) is 5.10 Å². The van der Waals surface area contributed by atoms with Gasteiger partial charge in [-0.3, -0.25) is 0 Å². The summed E-state index contributed by atoms with van der Waals surface area (Å²) in [5, 5.41) is 11.1. The van der Waals surface area contributed by atoms with E-state index in [-0.39, 0.29) is 35.2 Å². The standard InChI is InChI=1S/C22H29FN6O.HI/c1-5-24-21(27-15-20-26-14-19(30-20)22(2,3)4)25-12-10-17-11-13-29(28-17)18-8-6-16(23)7-9-18;/h6-9,11,13-14H,5,10,12,15H2,1-4H3,(H2,24,25,27);1H. The van der Waals surface area contributed by atoms with Crippen LogP contribution in [0.5, 0.6) is 0 Å². The van der Waals surface area contributed by atoms with Crippen molar-refractivity contribution < 1.29 is 8.81 Å². The Balaban J connectivity index is 0.00000341. The Bertz CT molecular complexity index is 975. The molecule has 0 aliphatic heterocycles. The fourth-order valence-electron chi connectivity index (χ4n) is 2.76. The first-order chi connectivity index (χ1) is 14.3. The molecule has 1 aromatic carbocycles. The molecule has 168 valence electrons. The molecule has 31 heavy (non-hydrogen) atoms. The van der Waals surface area contributed by atoms with Gasteiger partial charge in [0.2, 0.25) is 5.89 Å². The lowest BCUT2D eigenvalue weighted by Gasteiger charge is -2.13. The lowest BCUT2D eigenvalue weighted by molar-refractivity contribution is 0.383. The number of halogens is 2. The average Bonchev–Trinajstić information content (AvgIpc) is 3.36. The van der Waals surface area contributed by atoms with Crippen LogP contribution in [0.25, 0.3) is 5.69 Å². The van der Waals surface area contributed by atoms with Crippen LogP contribution in [0.4, 0.5) is 4.39 Å². The van der Waals surface area contributed by atoms with Gasteiger partial charge in [-0.05, 0) is 37.3 Å². The largest absolute Gasteiger partial charge is 0.443 e. The Labute approximate surface area is 199 Å². The Hall–Kier alpha value is -2.43. The second-order valence-electron chi connectivity index (χ2n) is 7.97. The average molecular weight is 540 g/mol. The number of aliphatic imine (C=N–C) groups is 1. The van der Waals surface area contributed by atoms with Crippen LogP contribution in [-0.4, -0.2) is 33.8 Å². The number of nitrogens with one attached hydrogen (secondary N) is 2. The molecule has 0 radical (unpaired) electrons. The maximum atomic E-state index is 13.1. The van der Waals surface area contributed by atoms with Crippen molar-refractivity contribution in [3.05, 3.63) is 65.9 Å². The van der Waals surface area contributed by atoms with E-state index < -0.39 is 0 Å². The summed E-state index contributed by atoms with van der Waals surface area (Å²) >= 11 is 0. The zero-order chi connectivity index (χ0) is 21.6. The van der Waals surface area contributed by atoms with E-state index in [1.54, 1.807) is 23.0 Å². The highest BCUT2D eigenvalue weighted by molar-refractivity contribution is 14.0. The molecular formula is C22H30FIN6O. The van der Waals surface area contributed by atoms with E-state index in [1.165, 1.54) is 12.1 Å². The minimum atomic E-state index is -0.259. The second-order valence-corrected chi connectivity index (χ2v) is 7.97. The molecule has 0 fully saturated rings. The molecule has 9 heteroatoms. The predicted octanol–water partition coefficient (Wildman–Crippen LogP) is 4.21. The summed E-state index contributed by atoms with van der Waals surface area (Å²) in [6.45, 7) is 10.1. The molecule has 0 amide bonds. The van der Waals surface area contributed by atoms with Gasteiger partial charge in [0, 0.05) is 31.1 Å². The summed E-state index contributed by atoms with van der Waals surface area (Å²) in [5.74, 6) is 1.88. The number of hydrogen-bond acceptors (Lipinski definition) is 4. The Morgan fingerprint density at radius 1 is 1.16 bits per heavy atom. The van der Waals surface area contributed by atoms with Crippen LogP contribution in [0.1, 0.15) is 45.0 Å².